The lowest BCUT2D eigenvalue weighted by molar-refractivity contribution is -0.0765. The summed E-state index contributed by atoms with van der Waals surface area (Å²) in [5.74, 6) is -0.798. The fourth-order valence-electron chi connectivity index (χ4n) is 2.58. The zero-order valence-corrected chi connectivity index (χ0v) is 12.0. The molecule has 0 spiro atoms. The molecule has 0 fully saturated rings. The van der Waals surface area contributed by atoms with Crippen LogP contribution in [-0.2, 0) is 5.72 Å². The molecule has 1 atom stereocenters. The number of hydrogen-bond acceptors (Lipinski definition) is 3. The monoisotopic (exact) mass is 298 g/mol. The van der Waals surface area contributed by atoms with E-state index in [9.17, 15) is 14.3 Å². The molecule has 1 heterocycles. The Kier molecular flexibility index (Phi) is 3.50. The molecule has 112 valence electrons. The number of carbonyl (C=O) groups excluding carboxylic acids is 1. The van der Waals surface area contributed by atoms with Gasteiger partial charge in [0.05, 0.1) is 0 Å². The number of carbonyl (C=O) groups is 1. The highest BCUT2D eigenvalue weighted by Gasteiger charge is 2.45. The highest BCUT2D eigenvalue weighted by Crippen LogP contribution is 2.36. The number of amides is 1. The first-order valence-electron chi connectivity index (χ1n) is 6.93. The molecule has 0 radical (unpaired) electrons. The SMILES string of the molecule is CC1=NN(C(=O)c2ccccc2)[C@](O)(c2ccc(F)cc2)C1. The summed E-state index contributed by atoms with van der Waals surface area (Å²) in [7, 11) is 0. The number of hydrazone groups is 1. The van der Waals surface area contributed by atoms with Crippen molar-refractivity contribution in [3.63, 3.8) is 0 Å². The quantitative estimate of drug-likeness (QED) is 0.927. The van der Waals surface area contributed by atoms with Crippen LogP contribution in [0, 0.1) is 5.82 Å². The van der Waals surface area contributed by atoms with Crippen molar-refractivity contribution in [2.24, 2.45) is 5.10 Å². The van der Waals surface area contributed by atoms with E-state index in [1.165, 1.54) is 24.3 Å². The Balaban J connectivity index is 2.01. The van der Waals surface area contributed by atoms with E-state index in [0.717, 1.165) is 5.01 Å². The minimum Gasteiger partial charge on any atom is -0.365 e. The fraction of sp³-hybridized carbons (Fsp3) is 0.176. The summed E-state index contributed by atoms with van der Waals surface area (Å²) in [5, 5.41) is 16.2. The van der Waals surface area contributed by atoms with Gasteiger partial charge in [0.25, 0.3) is 5.91 Å². The molecule has 2 aromatic rings. The summed E-state index contributed by atoms with van der Waals surface area (Å²) in [6.45, 7) is 1.74. The van der Waals surface area contributed by atoms with Crippen LogP contribution >= 0.6 is 0 Å². The van der Waals surface area contributed by atoms with Gasteiger partial charge in [-0.2, -0.15) is 10.1 Å². The predicted molar refractivity (Wildman–Crippen MR) is 80.6 cm³/mol. The Labute approximate surface area is 127 Å². The Morgan fingerprint density at radius 2 is 1.82 bits per heavy atom. The smallest absolute Gasteiger partial charge is 0.276 e. The number of rotatable bonds is 2. The molecule has 0 unspecified atom stereocenters. The van der Waals surface area contributed by atoms with Gasteiger partial charge in [0.15, 0.2) is 5.72 Å². The number of hydrogen-bond donors (Lipinski definition) is 1. The predicted octanol–water partition coefficient (Wildman–Crippen LogP) is 2.89. The van der Waals surface area contributed by atoms with Crippen LogP contribution in [0.5, 0.6) is 0 Å². The van der Waals surface area contributed by atoms with Crippen molar-refractivity contribution in [1.29, 1.82) is 0 Å². The first kappa shape index (κ1) is 14.4. The van der Waals surface area contributed by atoms with Gasteiger partial charge in [-0.1, -0.05) is 30.3 Å². The van der Waals surface area contributed by atoms with Gasteiger partial charge in [-0.25, -0.2) is 4.39 Å². The van der Waals surface area contributed by atoms with Crippen LogP contribution in [-0.4, -0.2) is 21.7 Å². The van der Waals surface area contributed by atoms with Crippen molar-refractivity contribution in [3.8, 4) is 0 Å². The van der Waals surface area contributed by atoms with Gasteiger partial charge in [0, 0.05) is 23.3 Å². The van der Waals surface area contributed by atoms with Crippen molar-refractivity contribution in [2.45, 2.75) is 19.1 Å². The van der Waals surface area contributed by atoms with E-state index in [1.54, 1.807) is 37.3 Å². The molecule has 0 saturated carbocycles. The normalized spacial score (nSPS) is 20.9. The summed E-state index contributed by atoms with van der Waals surface area (Å²) in [5.41, 5.74) is -0.0959. The van der Waals surface area contributed by atoms with E-state index < -0.39 is 17.4 Å². The molecular weight excluding hydrogens is 283 g/mol. The van der Waals surface area contributed by atoms with E-state index in [1.807, 2.05) is 0 Å². The highest BCUT2D eigenvalue weighted by atomic mass is 19.1. The first-order valence-corrected chi connectivity index (χ1v) is 6.93. The zero-order valence-electron chi connectivity index (χ0n) is 12.0. The Bertz CT molecular complexity index is 728. The van der Waals surface area contributed by atoms with E-state index in [4.69, 9.17) is 0 Å². The van der Waals surface area contributed by atoms with Gasteiger partial charge in [0.1, 0.15) is 5.82 Å². The molecule has 22 heavy (non-hydrogen) atoms. The zero-order chi connectivity index (χ0) is 15.7. The summed E-state index contributed by atoms with van der Waals surface area (Å²) in [6.07, 6.45) is 0.192. The molecule has 1 amide bonds. The minimum atomic E-state index is -1.59. The molecule has 5 heteroatoms. The molecule has 1 N–H and O–H groups in total. The Morgan fingerprint density at radius 3 is 2.45 bits per heavy atom. The molecule has 4 nitrogen and oxygen atoms in total. The van der Waals surface area contributed by atoms with E-state index in [-0.39, 0.29) is 6.42 Å². The molecule has 1 aliphatic heterocycles. The molecule has 1 aliphatic rings. The lowest BCUT2D eigenvalue weighted by Crippen LogP contribution is -2.43. The van der Waals surface area contributed by atoms with Gasteiger partial charge < -0.3 is 5.11 Å². The van der Waals surface area contributed by atoms with Crippen LogP contribution in [0.25, 0.3) is 0 Å². The maximum atomic E-state index is 13.1. The number of halogens is 1. The second kappa shape index (κ2) is 5.35. The largest absolute Gasteiger partial charge is 0.365 e. The van der Waals surface area contributed by atoms with Crippen LogP contribution in [0.2, 0.25) is 0 Å². The summed E-state index contributed by atoms with van der Waals surface area (Å²) in [6, 6.07) is 14.1. The van der Waals surface area contributed by atoms with Crippen LogP contribution in [0.3, 0.4) is 0 Å². The Morgan fingerprint density at radius 1 is 1.18 bits per heavy atom. The van der Waals surface area contributed by atoms with E-state index in [0.29, 0.717) is 16.8 Å². The number of nitrogens with zero attached hydrogens (tertiary/aromatic N) is 2. The average molecular weight is 298 g/mol. The lowest BCUT2D eigenvalue weighted by Gasteiger charge is -2.31. The summed E-state index contributed by atoms with van der Waals surface area (Å²) in [4.78, 5) is 12.6. The maximum absolute atomic E-state index is 13.1. The minimum absolute atomic E-state index is 0.192. The second-order valence-electron chi connectivity index (χ2n) is 5.32. The second-order valence-corrected chi connectivity index (χ2v) is 5.32. The van der Waals surface area contributed by atoms with Crippen LogP contribution in [0.4, 0.5) is 4.39 Å². The van der Waals surface area contributed by atoms with Crippen LogP contribution in [0.15, 0.2) is 59.7 Å². The summed E-state index contributed by atoms with van der Waals surface area (Å²) >= 11 is 0. The van der Waals surface area contributed by atoms with E-state index >= 15 is 0 Å². The number of aliphatic hydroxyl groups is 1. The van der Waals surface area contributed by atoms with Gasteiger partial charge in [0.2, 0.25) is 0 Å². The average Bonchev–Trinajstić information content (AvgIpc) is 2.84. The van der Waals surface area contributed by atoms with Crippen LogP contribution in [0.1, 0.15) is 29.3 Å². The molecule has 0 aromatic heterocycles. The maximum Gasteiger partial charge on any atom is 0.276 e. The van der Waals surface area contributed by atoms with Crippen LogP contribution < -0.4 is 0 Å². The van der Waals surface area contributed by atoms with Crippen molar-refractivity contribution in [3.05, 3.63) is 71.5 Å². The van der Waals surface area contributed by atoms with Gasteiger partial charge in [-0.3, -0.25) is 4.79 Å². The third-order valence-corrected chi connectivity index (χ3v) is 3.64. The topological polar surface area (TPSA) is 52.9 Å². The first-order chi connectivity index (χ1) is 10.5. The standard InChI is InChI=1S/C17H15FN2O2/c1-12-11-17(22,14-7-9-15(18)10-8-14)20(19-12)16(21)13-5-3-2-4-6-13/h2-10,22H,11H2,1H3/t17-/m1/s1. The van der Waals surface area contributed by atoms with Gasteiger partial charge in [-0.05, 0) is 31.2 Å². The van der Waals surface area contributed by atoms with Crippen molar-refractivity contribution in [1.82, 2.24) is 5.01 Å². The molecule has 0 aliphatic carbocycles. The van der Waals surface area contributed by atoms with Gasteiger partial charge in [-0.15, -0.1) is 0 Å². The fourth-order valence-corrected chi connectivity index (χ4v) is 2.58. The third-order valence-electron chi connectivity index (χ3n) is 3.64. The molecular formula is C17H15FN2O2. The Hall–Kier alpha value is -2.53. The van der Waals surface area contributed by atoms with Crippen molar-refractivity contribution < 1.29 is 14.3 Å². The molecule has 2 aromatic carbocycles. The molecule has 3 rings (SSSR count). The number of benzene rings is 2. The van der Waals surface area contributed by atoms with E-state index in [2.05, 4.69) is 5.10 Å². The van der Waals surface area contributed by atoms with Gasteiger partial charge >= 0.3 is 0 Å². The highest BCUT2D eigenvalue weighted by molar-refractivity contribution is 5.97. The molecule has 0 saturated heterocycles. The lowest BCUT2D eigenvalue weighted by atomic mass is 9.97. The third kappa shape index (κ3) is 2.40. The molecule has 0 bridgehead atoms. The summed E-state index contributed by atoms with van der Waals surface area (Å²) < 4.78 is 13.1. The van der Waals surface area contributed by atoms with Crippen molar-refractivity contribution >= 4 is 11.6 Å². The van der Waals surface area contributed by atoms with Crippen molar-refractivity contribution in [2.75, 3.05) is 0 Å².